The molecule has 4 heteroatoms. The van der Waals surface area contributed by atoms with Crippen molar-refractivity contribution in [3.05, 3.63) is 23.8 Å². The Balaban J connectivity index is 2.23. The van der Waals surface area contributed by atoms with E-state index in [1.807, 2.05) is 0 Å². The van der Waals surface area contributed by atoms with E-state index in [1.54, 1.807) is 0 Å². The number of aliphatic imine (C=N–C) groups is 1. The normalized spacial score (nSPS) is 14.3. The van der Waals surface area contributed by atoms with Crippen molar-refractivity contribution in [3.63, 3.8) is 0 Å². The predicted molar refractivity (Wildman–Crippen MR) is 69.4 cm³/mol. The summed E-state index contributed by atoms with van der Waals surface area (Å²) in [5, 5.41) is 6.52. The Bertz CT molecular complexity index is 409. The molecule has 0 bridgehead atoms. The van der Waals surface area contributed by atoms with Gasteiger partial charge in [-0.05, 0) is 24.6 Å². The fourth-order valence-electron chi connectivity index (χ4n) is 1.85. The fraction of sp³-hybridized carbons (Fsp3) is 0.417. The highest BCUT2D eigenvalue weighted by Gasteiger charge is 2.09. The average Bonchev–Trinajstić information content (AvgIpc) is 2.73. The highest BCUT2D eigenvalue weighted by molar-refractivity contribution is 5.95. The van der Waals surface area contributed by atoms with Gasteiger partial charge in [0.15, 0.2) is 5.96 Å². The van der Waals surface area contributed by atoms with E-state index in [4.69, 9.17) is 0 Å². The quantitative estimate of drug-likeness (QED) is 0.789. The van der Waals surface area contributed by atoms with Gasteiger partial charge in [-0.2, -0.15) is 0 Å². The highest BCUT2D eigenvalue weighted by Crippen LogP contribution is 2.25. The molecule has 1 aromatic rings. The molecule has 1 aromatic carbocycles. The summed E-state index contributed by atoms with van der Waals surface area (Å²) in [5.74, 6) is 0.874. The molecule has 0 unspecified atom stereocenters. The molecule has 0 saturated carbocycles. The van der Waals surface area contributed by atoms with Crippen LogP contribution in [0.4, 0.5) is 11.4 Å². The minimum absolute atomic E-state index is 0.856. The van der Waals surface area contributed by atoms with Gasteiger partial charge in [0.2, 0.25) is 0 Å². The Morgan fingerprint density at radius 2 is 2.19 bits per heavy atom. The van der Waals surface area contributed by atoms with Gasteiger partial charge < -0.3 is 15.5 Å². The highest BCUT2D eigenvalue weighted by atomic mass is 15.2. The molecule has 0 radical (unpaired) electrons. The fourth-order valence-corrected chi connectivity index (χ4v) is 1.85. The van der Waals surface area contributed by atoms with Crippen molar-refractivity contribution in [2.75, 3.05) is 37.4 Å². The maximum absolute atomic E-state index is 4.33. The number of anilines is 2. The molecule has 86 valence electrons. The molecule has 1 heterocycles. The molecule has 0 atom stereocenters. The Morgan fingerprint density at radius 1 is 1.38 bits per heavy atom. The van der Waals surface area contributed by atoms with Crippen LogP contribution in [0.3, 0.4) is 0 Å². The van der Waals surface area contributed by atoms with E-state index in [2.05, 4.69) is 59.7 Å². The lowest BCUT2D eigenvalue weighted by atomic mass is 10.1. The molecule has 0 amide bonds. The minimum Gasteiger partial charge on any atom is -0.377 e. The third-order valence-corrected chi connectivity index (χ3v) is 2.71. The summed E-state index contributed by atoms with van der Waals surface area (Å²) in [6.07, 6.45) is 0. The molecular weight excluding hydrogens is 200 g/mol. The van der Waals surface area contributed by atoms with E-state index in [1.165, 1.54) is 11.3 Å². The van der Waals surface area contributed by atoms with Gasteiger partial charge in [-0.1, -0.05) is 6.07 Å². The van der Waals surface area contributed by atoms with Gasteiger partial charge in [-0.3, -0.25) is 4.99 Å². The molecule has 4 nitrogen and oxygen atoms in total. The van der Waals surface area contributed by atoms with Crippen LogP contribution in [0.15, 0.2) is 23.2 Å². The van der Waals surface area contributed by atoms with Crippen LogP contribution >= 0.6 is 0 Å². The van der Waals surface area contributed by atoms with Crippen LogP contribution in [0.2, 0.25) is 0 Å². The van der Waals surface area contributed by atoms with Gasteiger partial charge in [0.25, 0.3) is 0 Å². The first-order chi connectivity index (χ1) is 7.68. The number of nitrogens with zero attached hydrogens (tertiary/aromatic N) is 2. The summed E-state index contributed by atoms with van der Waals surface area (Å²) < 4.78 is 0. The Hall–Kier alpha value is -1.71. The summed E-state index contributed by atoms with van der Waals surface area (Å²) >= 11 is 0. The largest absolute Gasteiger partial charge is 0.377 e. The molecule has 1 aliphatic heterocycles. The lowest BCUT2D eigenvalue weighted by molar-refractivity contribution is 0.959. The molecular formula is C12H18N4. The SMILES string of the molecule is Cc1c(NC2=NCCN2)cccc1N(C)C. The topological polar surface area (TPSA) is 39.7 Å². The molecule has 0 aliphatic carbocycles. The number of hydrogen-bond donors (Lipinski definition) is 2. The Morgan fingerprint density at radius 3 is 2.81 bits per heavy atom. The maximum Gasteiger partial charge on any atom is 0.195 e. The second-order valence-electron chi connectivity index (χ2n) is 4.13. The Labute approximate surface area is 96.4 Å². The molecule has 0 spiro atoms. The van der Waals surface area contributed by atoms with Crippen molar-refractivity contribution in [3.8, 4) is 0 Å². The molecule has 0 aromatic heterocycles. The first kappa shape index (κ1) is 10.8. The van der Waals surface area contributed by atoms with E-state index >= 15 is 0 Å². The van der Waals surface area contributed by atoms with Crippen LogP contribution in [0.5, 0.6) is 0 Å². The molecule has 0 saturated heterocycles. The molecule has 16 heavy (non-hydrogen) atoms. The van der Waals surface area contributed by atoms with Gasteiger partial charge in [0, 0.05) is 32.0 Å². The van der Waals surface area contributed by atoms with Gasteiger partial charge in [-0.25, -0.2) is 0 Å². The number of guanidine groups is 1. The van der Waals surface area contributed by atoms with Crippen molar-refractivity contribution in [1.29, 1.82) is 0 Å². The van der Waals surface area contributed by atoms with E-state index in [-0.39, 0.29) is 0 Å². The molecule has 2 rings (SSSR count). The lowest BCUT2D eigenvalue weighted by Gasteiger charge is -2.18. The van der Waals surface area contributed by atoms with Crippen molar-refractivity contribution in [2.45, 2.75) is 6.92 Å². The van der Waals surface area contributed by atoms with Crippen LogP contribution in [-0.2, 0) is 0 Å². The number of nitrogens with one attached hydrogen (secondary N) is 2. The summed E-state index contributed by atoms with van der Waals surface area (Å²) in [6.45, 7) is 3.90. The van der Waals surface area contributed by atoms with Crippen molar-refractivity contribution < 1.29 is 0 Å². The van der Waals surface area contributed by atoms with Crippen LogP contribution in [0.1, 0.15) is 5.56 Å². The lowest BCUT2D eigenvalue weighted by Crippen LogP contribution is -2.26. The van der Waals surface area contributed by atoms with Crippen molar-refractivity contribution in [2.24, 2.45) is 4.99 Å². The minimum atomic E-state index is 0.856. The molecule has 2 N–H and O–H groups in total. The zero-order valence-corrected chi connectivity index (χ0v) is 10.0. The third-order valence-electron chi connectivity index (χ3n) is 2.71. The van der Waals surface area contributed by atoms with Gasteiger partial charge in [0.1, 0.15) is 0 Å². The second kappa shape index (κ2) is 4.43. The zero-order valence-electron chi connectivity index (χ0n) is 10.0. The summed E-state index contributed by atoms with van der Waals surface area (Å²) in [4.78, 5) is 6.44. The van der Waals surface area contributed by atoms with Gasteiger partial charge in [0.05, 0.1) is 6.54 Å². The summed E-state index contributed by atoms with van der Waals surface area (Å²) in [5.41, 5.74) is 3.58. The van der Waals surface area contributed by atoms with Crippen LogP contribution in [0, 0.1) is 6.92 Å². The summed E-state index contributed by atoms with van der Waals surface area (Å²) in [6, 6.07) is 6.25. The first-order valence-corrected chi connectivity index (χ1v) is 5.51. The zero-order chi connectivity index (χ0) is 11.5. The second-order valence-corrected chi connectivity index (χ2v) is 4.13. The van der Waals surface area contributed by atoms with Crippen LogP contribution < -0.4 is 15.5 Å². The van der Waals surface area contributed by atoms with Crippen LogP contribution in [-0.4, -0.2) is 33.1 Å². The number of benzene rings is 1. The molecule has 0 fully saturated rings. The maximum atomic E-state index is 4.33. The number of rotatable bonds is 2. The smallest absolute Gasteiger partial charge is 0.195 e. The van der Waals surface area contributed by atoms with E-state index in [0.29, 0.717) is 0 Å². The standard InChI is InChI=1S/C12H18N4/c1-9-10(15-12-13-7-8-14-12)5-4-6-11(9)16(2)3/h4-6H,7-8H2,1-3H3,(H2,13,14,15). The van der Waals surface area contributed by atoms with Gasteiger partial charge in [-0.15, -0.1) is 0 Å². The Kier molecular flexibility index (Phi) is 2.99. The van der Waals surface area contributed by atoms with E-state index in [0.717, 1.165) is 24.7 Å². The van der Waals surface area contributed by atoms with Gasteiger partial charge >= 0.3 is 0 Å². The van der Waals surface area contributed by atoms with Crippen molar-refractivity contribution >= 4 is 17.3 Å². The van der Waals surface area contributed by atoms with Crippen molar-refractivity contribution in [1.82, 2.24) is 5.32 Å². The first-order valence-electron chi connectivity index (χ1n) is 5.51. The van der Waals surface area contributed by atoms with E-state index < -0.39 is 0 Å². The predicted octanol–water partition coefficient (Wildman–Crippen LogP) is 1.43. The third kappa shape index (κ3) is 2.10. The molecule has 1 aliphatic rings. The number of hydrogen-bond acceptors (Lipinski definition) is 4. The monoisotopic (exact) mass is 218 g/mol. The average molecular weight is 218 g/mol. The van der Waals surface area contributed by atoms with E-state index in [9.17, 15) is 0 Å². The van der Waals surface area contributed by atoms with Crippen LogP contribution in [0.25, 0.3) is 0 Å². The summed E-state index contributed by atoms with van der Waals surface area (Å²) in [7, 11) is 4.11.